The number of methoxy groups -OCH3 is 1. The van der Waals surface area contributed by atoms with Crippen molar-refractivity contribution in [1.29, 1.82) is 0 Å². The molecule has 0 aromatic heterocycles. The van der Waals surface area contributed by atoms with Crippen LogP contribution in [0.15, 0.2) is 0 Å². The molecule has 1 unspecified atom stereocenters. The lowest BCUT2D eigenvalue weighted by Crippen LogP contribution is -2.35. The van der Waals surface area contributed by atoms with Gasteiger partial charge in [-0.2, -0.15) is 0 Å². The van der Waals surface area contributed by atoms with Crippen LogP contribution in [0.1, 0.15) is 12.8 Å². The van der Waals surface area contributed by atoms with E-state index < -0.39 is 0 Å². The van der Waals surface area contributed by atoms with Gasteiger partial charge in [-0.15, -0.1) is 11.6 Å². The molecule has 1 aliphatic rings. The van der Waals surface area contributed by atoms with E-state index in [1.165, 1.54) is 32.5 Å². The standard InChI is InChI=1S/C11H23ClN2O/c1-13(9-11(12)10-15-2)7-8-14-5-3-4-6-14/h11H,3-10H2,1-2H3. The van der Waals surface area contributed by atoms with Crippen LogP contribution in [0.5, 0.6) is 0 Å². The zero-order valence-corrected chi connectivity index (χ0v) is 10.7. The van der Waals surface area contributed by atoms with Gasteiger partial charge in [0.1, 0.15) is 0 Å². The average molecular weight is 235 g/mol. The van der Waals surface area contributed by atoms with Crippen molar-refractivity contribution < 1.29 is 4.74 Å². The Morgan fingerprint density at radius 2 is 2.07 bits per heavy atom. The predicted octanol–water partition coefficient (Wildman–Crippen LogP) is 1.27. The summed E-state index contributed by atoms with van der Waals surface area (Å²) in [4.78, 5) is 4.81. The lowest BCUT2D eigenvalue weighted by molar-refractivity contribution is 0.178. The van der Waals surface area contributed by atoms with E-state index in [2.05, 4.69) is 16.8 Å². The SMILES string of the molecule is COCC(Cl)CN(C)CCN1CCCC1. The Labute approximate surface area is 98.3 Å². The molecule has 0 amide bonds. The van der Waals surface area contributed by atoms with Gasteiger partial charge in [0.15, 0.2) is 0 Å². The second-order valence-electron chi connectivity index (χ2n) is 4.36. The number of likely N-dealkylation sites (tertiary alicyclic amines) is 1. The molecular weight excluding hydrogens is 212 g/mol. The quantitative estimate of drug-likeness (QED) is 0.617. The van der Waals surface area contributed by atoms with Crippen molar-refractivity contribution in [2.45, 2.75) is 18.2 Å². The van der Waals surface area contributed by atoms with Crippen LogP contribution in [0.25, 0.3) is 0 Å². The summed E-state index contributed by atoms with van der Waals surface area (Å²) < 4.78 is 5.01. The molecule has 4 heteroatoms. The summed E-state index contributed by atoms with van der Waals surface area (Å²) in [5.74, 6) is 0. The molecule has 1 aliphatic heterocycles. The van der Waals surface area contributed by atoms with Gasteiger partial charge in [-0.1, -0.05) is 0 Å². The summed E-state index contributed by atoms with van der Waals surface area (Å²) in [6.07, 6.45) is 2.73. The van der Waals surface area contributed by atoms with E-state index in [-0.39, 0.29) is 5.38 Å². The summed E-state index contributed by atoms with van der Waals surface area (Å²) >= 11 is 6.09. The van der Waals surface area contributed by atoms with Crippen LogP contribution >= 0.6 is 11.6 Å². The number of likely N-dealkylation sites (N-methyl/N-ethyl adjacent to an activating group) is 1. The summed E-state index contributed by atoms with van der Waals surface area (Å²) in [6, 6.07) is 0. The van der Waals surface area contributed by atoms with E-state index in [0.717, 1.165) is 13.1 Å². The fourth-order valence-corrected chi connectivity index (χ4v) is 2.34. The highest BCUT2D eigenvalue weighted by Gasteiger charge is 2.13. The molecule has 0 saturated carbocycles. The molecule has 1 heterocycles. The first-order chi connectivity index (χ1) is 7.22. The van der Waals surface area contributed by atoms with Crippen LogP contribution in [-0.2, 0) is 4.74 Å². The van der Waals surface area contributed by atoms with Crippen molar-refractivity contribution in [2.75, 3.05) is 53.5 Å². The molecule has 0 radical (unpaired) electrons. The molecule has 0 aromatic rings. The number of alkyl halides is 1. The molecule has 0 N–H and O–H groups in total. The second kappa shape index (κ2) is 7.44. The third kappa shape index (κ3) is 5.71. The van der Waals surface area contributed by atoms with Crippen molar-refractivity contribution in [3.05, 3.63) is 0 Å². The van der Waals surface area contributed by atoms with Gasteiger partial charge in [0.05, 0.1) is 12.0 Å². The first-order valence-corrected chi connectivity index (χ1v) is 6.20. The molecule has 1 saturated heterocycles. The molecule has 1 fully saturated rings. The first kappa shape index (κ1) is 13.2. The topological polar surface area (TPSA) is 15.7 Å². The maximum Gasteiger partial charge on any atom is 0.0696 e. The van der Waals surface area contributed by atoms with Gasteiger partial charge in [0.25, 0.3) is 0 Å². The maximum atomic E-state index is 6.09. The number of halogens is 1. The molecule has 3 nitrogen and oxygen atoms in total. The van der Waals surface area contributed by atoms with Crippen LogP contribution in [0.3, 0.4) is 0 Å². The normalized spacial score (nSPS) is 20.0. The predicted molar refractivity (Wildman–Crippen MR) is 64.7 cm³/mol. The van der Waals surface area contributed by atoms with Crippen molar-refractivity contribution in [1.82, 2.24) is 9.80 Å². The molecule has 1 rings (SSSR count). The second-order valence-corrected chi connectivity index (χ2v) is 4.98. The molecule has 0 bridgehead atoms. The summed E-state index contributed by atoms with van der Waals surface area (Å²) in [7, 11) is 3.82. The minimum Gasteiger partial charge on any atom is -0.383 e. The fourth-order valence-electron chi connectivity index (χ4n) is 1.98. The van der Waals surface area contributed by atoms with Gasteiger partial charge in [-0.3, -0.25) is 0 Å². The number of ether oxygens (including phenoxy) is 1. The van der Waals surface area contributed by atoms with E-state index in [1.807, 2.05) is 0 Å². The Morgan fingerprint density at radius 1 is 1.40 bits per heavy atom. The van der Waals surface area contributed by atoms with Crippen molar-refractivity contribution in [3.8, 4) is 0 Å². The van der Waals surface area contributed by atoms with Crippen molar-refractivity contribution in [3.63, 3.8) is 0 Å². The van der Waals surface area contributed by atoms with E-state index in [1.54, 1.807) is 7.11 Å². The first-order valence-electron chi connectivity index (χ1n) is 5.76. The van der Waals surface area contributed by atoms with Gasteiger partial charge < -0.3 is 14.5 Å². The van der Waals surface area contributed by atoms with E-state index >= 15 is 0 Å². The van der Waals surface area contributed by atoms with Gasteiger partial charge in [-0.05, 0) is 33.0 Å². The zero-order chi connectivity index (χ0) is 11.1. The van der Waals surface area contributed by atoms with Gasteiger partial charge in [0.2, 0.25) is 0 Å². The van der Waals surface area contributed by atoms with Crippen LogP contribution in [0, 0.1) is 0 Å². The van der Waals surface area contributed by atoms with E-state index in [0.29, 0.717) is 6.61 Å². The molecule has 0 spiro atoms. The Bertz CT molecular complexity index is 163. The molecule has 90 valence electrons. The molecule has 0 aliphatic carbocycles. The van der Waals surface area contributed by atoms with Crippen LogP contribution in [0.4, 0.5) is 0 Å². The number of rotatable bonds is 7. The molecular formula is C11H23ClN2O. The van der Waals surface area contributed by atoms with Gasteiger partial charge >= 0.3 is 0 Å². The molecule has 15 heavy (non-hydrogen) atoms. The highest BCUT2D eigenvalue weighted by Crippen LogP contribution is 2.07. The number of hydrogen-bond acceptors (Lipinski definition) is 3. The summed E-state index contributed by atoms with van der Waals surface area (Å²) in [5.41, 5.74) is 0. The van der Waals surface area contributed by atoms with Crippen molar-refractivity contribution >= 4 is 11.6 Å². The van der Waals surface area contributed by atoms with Gasteiger partial charge in [-0.25, -0.2) is 0 Å². The Hall–Kier alpha value is 0.170. The maximum absolute atomic E-state index is 6.09. The number of hydrogen-bond donors (Lipinski definition) is 0. The Morgan fingerprint density at radius 3 is 2.67 bits per heavy atom. The largest absolute Gasteiger partial charge is 0.383 e. The highest BCUT2D eigenvalue weighted by atomic mass is 35.5. The smallest absolute Gasteiger partial charge is 0.0696 e. The average Bonchev–Trinajstić information content (AvgIpc) is 2.67. The minimum absolute atomic E-state index is 0.110. The third-order valence-electron chi connectivity index (χ3n) is 2.85. The number of nitrogens with zero attached hydrogens (tertiary/aromatic N) is 2. The summed E-state index contributed by atoms with van der Waals surface area (Å²) in [6.45, 7) is 6.37. The van der Waals surface area contributed by atoms with Crippen LogP contribution in [0.2, 0.25) is 0 Å². The lowest BCUT2D eigenvalue weighted by Gasteiger charge is -2.22. The summed E-state index contributed by atoms with van der Waals surface area (Å²) in [5, 5.41) is 0.110. The highest BCUT2D eigenvalue weighted by molar-refractivity contribution is 6.20. The van der Waals surface area contributed by atoms with Crippen LogP contribution < -0.4 is 0 Å². The molecule has 1 atom stereocenters. The monoisotopic (exact) mass is 234 g/mol. The minimum atomic E-state index is 0.110. The van der Waals surface area contributed by atoms with Crippen molar-refractivity contribution in [2.24, 2.45) is 0 Å². The zero-order valence-electron chi connectivity index (χ0n) is 9.91. The molecule has 0 aromatic carbocycles. The lowest BCUT2D eigenvalue weighted by atomic mass is 10.4. The van der Waals surface area contributed by atoms with Gasteiger partial charge in [0, 0.05) is 26.7 Å². The van der Waals surface area contributed by atoms with Crippen LogP contribution in [-0.4, -0.2) is 68.7 Å². The van der Waals surface area contributed by atoms with E-state index in [4.69, 9.17) is 16.3 Å². The Kier molecular flexibility index (Phi) is 6.57. The third-order valence-corrected chi connectivity index (χ3v) is 3.12. The van der Waals surface area contributed by atoms with E-state index in [9.17, 15) is 0 Å². The Balaban J connectivity index is 2.04. The fraction of sp³-hybridized carbons (Fsp3) is 1.00.